The summed E-state index contributed by atoms with van der Waals surface area (Å²) in [5, 5.41) is 2.90. The summed E-state index contributed by atoms with van der Waals surface area (Å²) in [5.41, 5.74) is 0. The lowest BCUT2D eigenvalue weighted by molar-refractivity contribution is -0.133. The monoisotopic (exact) mass is 225 g/mol. The Kier molecular flexibility index (Phi) is 7.83. The van der Waals surface area contributed by atoms with Gasteiger partial charge >= 0.3 is 6.18 Å². The van der Waals surface area contributed by atoms with Gasteiger partial charge in [0.05, 0.1) is 6.42 Å². The van der Waals surface area contributed by atoms with Crippen molar-refractivity contribution in [2.45, 2.75) is 64.6 Å². The van der Waals surface area contributed by atoms with Gasteiger partial charge in [-0.05, 0) is 13.3 Å². The van der Waals surface area contributed by atoms with Gasteiger partial charge in [-0.3, -0.25) is 0 Å². The number of hydrogen-bond donors (Lipinski definition) is 1. The normalized spacial score (nSPS) is 14.2. The summed E-state index contributed by atoms with van der Waals surface area (Å²) in [6, 6.07) is 0.198. The minimum absolute atomic E-state index is 0.0401. The maximum absolute atomic E-state index is 11.8. The number of hydrogen-bond acceptors (Lipinski definition) is 1. The minimum Gasteiger partial charge on any atom is -0.314 e. The minimum atomic E-state index is -4.03. The first-order valence-corrected chi connectivity index (χ1v) is 5.76. The Bertz CT molecular complexity index is 145. The fourth-order valence-corrected chi connectivity index (χ4v) is 1.44. The van der Waals surface area contributed by atoms with Gasteiger partial charge in [-0.15, -0.1) is 0 Å². The third-order valence-electron chi connectivity index (χ3n) is 2.39. The highest BCUT2D eigenvalue weighted by Gasteiger charge is 2.26. The average molecular weight is 225 g/mol. The molecule has 0 saturated heterocycles. The van der Waals surface area contributed by atoms with Crippen molar-refractivity contribution in [1.82, 2.24) is 5.32 Å². The molecule has 0 heterocycles. The van der Waals surface area contributed by atoms with Crippen molar-refractivity contribution in [3.8, 4) is 0 Å². The third-order valence-corrected chi connectivity index (χ3v) is 2.39. The first-order valence-electron chi connectivity index (χ1n) is 5.76. The summed E-state index contributed by atoms with van der Waals surface area (Å²) in [4.78, 5) is 0. The molecule has 0 radical (unpaired) electrons. The Morgan fingerprint density at radius 2 is 1.80 bits per heavy atom. The van der Waals surface area contributed by atoms with E-state index in [1.165, 1.54) is 19.3 Å². The predicted molar refractivity (Wildman–Crippen MR) is 56.9 cm³/mol. The van der Waals surface area contributed by atoms with Crippen LogP contribution in [0, 0.1) is 0 Å². The molecule has 0 saturated carbocycles. The van der Waals surface area contributed by atoms with Gasteiger partial charge in [0, 0.05) is 12.6 Å². The maximum atomic E-state index is 11.8. The van der Waals surface area contributed by atoms with Crippen LogP contribution in [0.2, 0.25) is 0 Å². The van der Waals surface area contributed by atoms with Gasteiger partial charge in [0.1, 0.15) is 0 Å². The summed E-state index contributed by atoms with van der Waals surface area (Å²) >= 11 is 0. The predicted octanol–water partition coefficient (Wildman–Crippen LogP) is 3.89. The van der Waals surface area contributed by atoms with Gasteiger partial charge < -0.3 is 5.32 Å². The Morgan fingerprint density at radius 3 is 2.33 bits per heavy atom. The van der Waals surface area contributed by atoms with E-state index in [-0.39, 0.29) is 12.6 Å². The summed E-state index contributed by atoms with van der Waals surface area (Å²) in [7, 11) is 0. The number of rotatable bonds is 8. The molecule has 0 aromatic heterocycles. The molecule has 0 aliphatic carbocycles. The largest absolute Gasteiger partial charge is 0.390 e. The van der Waals surface area contributed by atoms with Crippen LogP contribution in [-0.2, 0) is 0 Å². The molecule has 1 unspecified atom stereocenters. The molecule has 1 atom stereocenters. The number of alkyl halides is 3. The number of nitrogens with one attached hydrogen (secondary N) is 1. The van der Waals surface area contributed by atoms with Gasteiger partial charge in [0.25, 0.3) is 0 Å². The molecule has 0 aliphatic rings. The van der Waals surface area contributed by atoms with Gasteiger partial charge in [0.2, 0.25) is 0 Å². The van der Waals surface area contributed by atoms with Crippen molar-refractivity contribution < 1.29 is 13.2 Å². The zero-order chi connectivity index (χ0) is 11.7. The van der Waals surface area contributed by atoms with Crippen molar-refractivity contribution in [2.75, 3.05) is 6.54 Å². The molecule has 92 valence electrons. The molecular weight excluding hydrogens is 203 g/mol. The molecule has 0 aromatic carbocycles. The van der Waals surface area contributed by atoms with E-state index in [0.717, 1.165) is 12.8 Å². The van der Waals surface area contributed by atoms with E-state index in [2.05, 4.69) is 12.2 Å². The SMILES string of the molecule is CCCCCCC(C)NCCC(F)(F)F. The lowest BCUT2D eigenvalue weighted by atomic mass is 10.1. The number of halogens is 3. The highest BCUT2D eigenvalue weighted by Crippen LogP contribution is 2.18. The highest BCUT2D eigenvalue weighted by molar-refractivity contribution is 4.62. The van der Waals surface area contributed by atoms with Gasteiger partial charge in [0.15, 0.2) is 0 Å². The van der Waals surface area contributed by atoms with Gasteiger partial charge in [-0.1, -0.05) is 32.6 Å². The lowest BCUT2D eigenvalue weighted by Crippen LogP contribution is -2.29. The maximum Gasteiger partial charge on any atom is 0.390 e. The molecular formula is C11H22F3N. The fraction of sp³-hybridized carbons (Fsp3) is 1.00. The van der Waals surface area contributed by atoms with Crippen LogP contribution in [0.4, 0.5) is 13.2 Å². The van der Waals surface area contributed by atoms with Gasteiger partial charge in [-0.25, -0.2) is 0 Å². The van der Waals surface area contributed by atoms with E-state index in [0.29, 0.717) is 0 Å². The smallest absolute Gasteiger partial charge is 0.314 e. The standard InChI is InChI=1S/C11H22F3N/c1-3-4-5-6-7-10(2)15-9-8-11(12,13)14/h10,15H,3-9H2,1-2H3. The third kappa shape index (κ3) is 11.7. The second kappa shape index (κ2) is 7.97. The molecule has 0 bridgehead atoms. The molecule has 0 rings (SSSR count). The summed E-state index contributed by atoms with van der Waals surface area (Å²) in [6.07, 6.45) is 0.903. The van der Waals surface area contributed by atoms with Crippen LogP contribution in [-0.4, -0.2) is 18.8 Å². The van der Waals surface area contributed by atoms with E-state index in [1.54, 1.807) is 0 Å². The van der Waals surface area contributed by atoms with E-state index in [9.17, 15) is 13.2 Å². The second-order valence-electron chi connectivity index (χ2n) is 4.07. The molecule has 0 amide bonds. The van der Waals surface area contributed by atoms with Crippen molar-refractivity contribution in [3.05, 3.63) is 0 Å². The van der Waals surface area contributed by atoms with Crippen LogP contribution in [0.3, 0.4) is 0 Å². The van der Waals surface area contributed by atoms with Crippen molar-refractivity contribution in [3.63, 3.8) is 0 Å². The molecule has 0 fully saturated rings. The molecule has 1 N–H and O–H groups in total. The summed E-state index contributed by atoms with van der Waals surface area (Å²) < 4.78 is 35.5. The first-order chi connectivity index (χ1) is 6.95. The number of unbranched alkanes of at least 4 members (excludes halogenated alkanes) is 3. The van der Waals surface area contributed by atoms with E-state index < -0.39 is 12.6 Å². The second-order valence-corrected chi connectivity index (χ2v) is 4.07. The zero-order valence-corrected chi connectivity index (χ0v) is 9.66. The van der Waals surface area contributed by atoms with Crippen LogP contribution in [0.5, 0.6) is 0 Å². The van der Waals surface area contributed by atoms with Crippen LogP contribution >= 0.6 is 0 Å². The Balaban J connectivity index is 3.29. The molecule has 4 heteroatoms. The zero-order valence-electron chi connectivity index (χ0n) is 9.66. The summed E-state index contributed by atoms with van der Waals surface area (Å²) in [5.74, 6) is 0. The first kappa shape index (κ1) is 14.8. The molecule has 0 spiro atoms. The van der Waals surface area contributed by atoms with E-state index in [4.69, 9.17) is 0 Å². The Morgan fingerprint density at radius 1 is 1.13 bits per heavy atom. The molecule has 0 aliphatic heterocycles. The Hall–Kier alpha value is -0.250. The van der Waals surface area contributed by atoms with Gasteiger partial charge in [-0.2, -0.15) is 13.2 Å². The van der Waals surface area contributed by atoms with Crippen LogP contribution < -0.4 is 5.32 Å². The summed E-state index contributed by atoms with van der Waals surface area (Å²) in [6.45, 7) is 4.13. The van der Waals surface area contributed by atoms with Crippen molar-refractivity contribution >= 4 is 0 Å². The molecule has 0 aromatic rings. The highest BCUT2D eigenvalue weighted by atomic mass is 19.4. The Labute approximate surface area is 90.4 Å². The molecule has 15 heavy (non-hydrogen) atoms. The lowest BCUT2D eigenvalue weighted by Gasteiger charge is -2.14. The van der Waals surface area contributed by atoms with Crippen molar-refractivity contribution in [2.24, 2.45) is 0 Å². The average Bonchev–Trinajstić information content (AvgIpc) is 2.10. The molecule has 1 nitrogen and oxygen atoms in total. The van der Waals surface area contributed by atoms with Crippen LogP contribution in [0.15, 0.2) is 0 Å². The quantitative estimate of drug-likeness (QED) is 0.618. The van der Waals surface area contributed by atoms with Crippen molar-refractivity contribution in [1.29, 1.82) is 0 Å². The van der Waals surface area contributed by atoms with Crippen LogP contribution in [0.25, 0.3) is 0 Å². The van der Waals surface area contributed by atoms with E-state index in [1.807, 2.05) is 6.92 Å². The van der Waals surface area contributed by atoms with Crippen LogP contribution in [0.1, 0.15) is 52.4 Å². The fourth-order valence-electron chi connectivity index (χ4n) is 1.44. The topological polar surface area (TPSA) is 12.0 Å². The van der Waals surface area contributed by atoms with E-state index >= 15 is 0 Å².